The number of nitrogens with one attached hydrogen (secondary N) is 3. The maximum Gasteiger partial charge on any atom is 0.0719 e. The molecule has 0 unspecified atom stereocenters. The third-order valence-electron chi connectivity index (χ3n) is 8.38. The second-order valence-corrected chi connectivity index (χ2v) is 11.9. The summed E-state index contributed by atoms with van der Waals surface area (Å²) in [6.45, 7) is 4.27. The Morgan fingerprint density at radius 3 is 1.27 bits per heavy atom. The fraction of sp³-hybridized carbons (Fsp3) is 0.0455. The Bertz CT molecular complexity index is 1950. The van der Waals surface area contributed by atoms with Gasteiger partial charge in [0.05, 0.1) is 11.4 Å². The first kappa shape index (κ1) is 30.4. The van der Waals surface area contributed by atoms with E-state index in [0.717, 1.165) is 78.9 Å². The SMILES string of the molecule is Cc1cc([N]c2ccccc2)c(-c2ccc(-c3cc(Nc4ccccc4)c(C)cc3Nc3ccccc3)cc2)cc1Nc1ccccc1. The quantitative estimate of drug-likeness (QED) is 0.142. The van der Waals surface area contributed by atoms with Gasteiger partial charge >= 0.3 is 0 Å². The lowest BCUT2D eigenvalue weighted by molar-refractivity contribution is 1.18. The molecule has 0 heterocycles. The van der Waals surface area contributed by atoms with Crippen LogP contribution in [0.2, 0.25) is 0 Å². The highest BCUT2D eigenvalue weighted by molar-refractivity contribution is 5.88. The first-order valence-electron chi connectivity index (χ1n) is 16.2. The first-order chi connectivity index (χ1) is 23.6. The van der Waals surface area contributed by atoms with Gasteiger partial charge in [0.25, 0.3) is 0 Å². The van der Waals surface area contributed by atoms with Crippen LogP contribution in [0.15, 0.2) is 170 Å². The maximum absolute atomic E-state index is 5.08. The minimum absolute atomic E-state index is 0.924. The fourth-order valence-electron chi connectivity index (χ4n) is 5.84. The van der Waals surface area contributed by atoms with Crippen molar-refractivity contribution in [3.63, 3.8) is 0 Å². The lowest BCUT2D eigenvalue weighted by atomic mass is 9.95. The van der Waals surface area contributed by atoms with Crippen molar-refractivity contribution in [2.75, 3.05) is 16.0 Å². The van der Waals surface area contributed by atoms with E-state index in [2.05, 4.69) is 127 Å². The number of para-hydroxylation sites is 4. The number of aryl methyl sites for hydroxylation is 2. The lowest BCUT2D eigenvalue weighted by Crippen LogP contribution is -1.99. The summed E-state index contributed by atoms with van der Waals surface area (Å²) in [5.74, 6) is 0. The van der Waals surface area contributed by atoms with Gasteiger partial charge in [-0.2, -0.15) is 0 Å². The molecule has 0 fully saturated rings. The van der Waals surface area contributed by atoms with E-state index in [1.165, 1.54) is 0 Å². The summed E-state index contributed by atoms with van der Waals surface area (Å²) in [6.07, 6.45) is 0. The zero-order chi connectivity index (χ0) is 32.7. The van der Waals surface area contributed by atoms with Gasteiger partial charge in [-0.05, 0) is 109 Å². The lowest BCUT2D eigenvalue weighted by Gasteiger charge is -2.19. The molecule has 3 N–H and O–H groups in total. The van der Waals surface area contributed by atoms with Gasteiger partial charge in [-0.15, -0.1) is 0 Å². The van der Waals surface area contributed by atoms with Gasteiger partial charge in [0.1, 0.15) is 0 Å². The predicted molar refractivity (Wildman–Crippen MR) is 204 cm³/mol. The standard InChI is InChI=1S/C44H37N4/c1-31-27-43(47-37-19-11-5-12-20-37)39(29-41(31)45-35-15-7-3-8-16-35)33-23-25-34(26-24-33)40-30-42(46-36-17-9-4-10-18-36)32(2)28-44(40)48-38-21-13-6-14-22-38/h3-30,45-47H,1-2H3. The summed E-state index contributed by atoms with van der Waals surface area (Å²) in [4.78, 5) is 0. The molecule has 0 aliphatic rings. The molecule has 0 bridgehead atoms. The van der Waals surface area contributed by atoms with Gasteiger partial charge in [-0.1, -0.05) is 97.1 Å². The van der Waals surface area contributed by atoms with Gasteiger partial charge in [-0.3, -0.25) is 0 Å². The summed E-state index contributed by atoms with van der Waals surface area (Å²) in [5, 5.41) is 16.0. The van der Waals surface area contributed by atoms with Crippen molar-refractivity contribution < 1.29 is 0 Å². The molecule has 0 saturated heterocycles. The van der Waals surface area contributed by atoms with Crippen LogP contribution >= 0.6 is 0 Å². The molecule has 0 aromatic heterocycles. The zero-order valence-electron chi connectivity index (χ0n) is 27.1. The summed E-state index contributed by atoms with van der Waals surface area (Å²) >= 11 is 0. The average Bonchev–Trinajstić information content (AvgIpc) is 3.12. The Morgan fingerprint density at radius 2 is 0.771 bits per heavy atom. The Hall–Kier alpha value is -6.26. The third kappa shape index (κ3) is 7.09. The minimum Gasteiger partial charge on any atom is -0.355 e. The van der Waals surface area contributed by atoms with Crippen LogP contribution in [0.5, 0.6) is 0 Å². The average molecular weight is 622 g/mol. The summed E-state index contributed by atoms with van der Waals surface area (Å²) in [5.41, 5.74) is 14.8. The molecule has 1 radical (unpaired) electrons. The van der Waals surface area contributed by atoms with E-state index in [-0.39, 0.29) is 0 Å². The van der Waals surface area contributed by atoms with Crippen molar-refractivity contribution in [1.29, 1.82) is 0 Å². The molecule has 0 aliphatic heterocycles. The van der Waals surface area contributed by atoms with E-state index in [1.807, 2.05) is 72.8 Å². The zero-order valence-corrected chi connectivity index (χ0v) is 27.1. The molecule has 4 nitrogen and oxygen atoms in total. The van der Waals surface area contributed by atoms with Crippen LogP contribution in [0.25, 0.3) is 22.3 Å². The number of hydrogen-bond donors (Lipinski definition) is 3. The molecule has 7 aromatic rings. The molecule has 233 valence electrons. The highest BCUT2D eigenvalue weighted by Gasteiger charge is 2.15. The van der Waals surface area contributed by atoms with E-state index >= 15 is 0 Å². The number of anilines is 6. The van der Waals surface area contributed by atoms with E-state index in [4.69, 9.17) is 5.32 Å². The van der Waals surface area contributed by atoms with Gasteiger partial charge < -0.3 is 16.0 Å². The second-order valence-electron chi connectivity index (χ2n) is 11.9. The van der Waals surface area contributed by atoms with Crippen molar-refractivity contribution in [1.82, 2.24) is 5.32 Å². The number of benzene rings is 7. The van der Waals surface area contributed by atoms with Crippen LogP contribution in [-0.4, -0.2) is 0 Å². The molecule has 7 rings (SSSR count). The largest absolute Gasteiger partial charge is 0.355 e. The maximum atomic E-state index is 5.08. The monoisotopic (exact) mass is 621 g/mol. The van der Waals surface area contributed by atoms with Crippen LogP contribution in [0, 0.1) is 13.8 Å². The highest BCUT2D eigenvalue weighted by atomic mass is 14.9. The normalized spacial score (nSPS) is 10.7. The first-order valence-corrected chi connectivity index (χ1v) is 16.2. The van der Waals surface area contributed by atoms with Crippen molar-refractivity contribution >= 4 is 45.5 Å². The Balaban J connectivity index is 1.29. The Labute approximate surface area is 283 Å². The number of rotatable bonds is 10. The van der Waals surface area contributed by atoms with Crippen molar-refractivity contribution in [2.24, 2.45) is 0 Å². The van der Waals surface area contributed by atoms with Crippen molar-refractivity contribution in [2.45, 2.75) is 13.8 Å². The molecule has 0 atom stereocenters. The van der Waals surface area contributed by atoms with Crippen molar-refractivity contribution in [3.05, 3.63) is 181 Å². The van der Waals surface area contributed by atoms with Gasteiger partial charge in [0, 0.05) is 45.3 Å². The highest BCUT2D eigenvalue weighted by Crippen LogP contribution is 2.40. The molecule has 0 aliphatic carbocycles. The summed E-state index contributed by atoms with van der Waals surface area (Å²) < 4.78 is 0. The van der Waals surface area contributed by atoms with Crippen LogP contribution < -0.4 is 21.3 Å². The second kappa shape index (κ2) is 14.0. The summed E-state index contributed by atoms with van der Waals surface area (Å²) in [6, 6.07) is 58.7. The summed E-state index contributed by atoms with van der Waals surface area (Å²) in [7, 11) is 0. The third-order valence-corrected chi connectivity index (χ3v) is 8.38. The topological polar surface area (TPSA) is 50.2 Å². The number of hydrogen-bond acceptors (Lipinski definition) is 3. The number of nitrogens with zero attached hydrogens (tertiary/aromatic N) is 1. The molecular weight excluding hydrogens is 585 g/mol. The molecule has 7 aromatic carbocycles. The van der Waals surface area contributed by atoms with E-state index in [0.29, 0.717) is 0 Å². The molecule has 0 spiro atoms. The minimum atomic E-state index is 0.924. The smallest absolute Gasteiger partial charge is 0.0719 e. The van der Waals surface area contributed by atoms with Crippen LogP contribution in [0.3, 0.4) is 0 Å². The van der Waals surface area contributed by atoms with Crippen molar-refractivity contribution in [3.8, 4) is 22.3 Å². The molecular formula is C44H37N4. The molecule has 0 amide bonds. The van der Waals surface area contributed by atoms with E-state index in [1.54, 1.807) is 0 Å². The van der Waals surface area contributed by atoms with E-state index in [9.17, 15) is 0 Å². The molecule has 48 heavy (non-hydrogen) atoms. The predicted octanol–water partition coefficient (Wildman–Crippen LogP) is 12.4. The van der Waals surface area contributed by atoms with E-state index < -0.39 is 0 Å². The van der Waals surface area contributed by atoms with Gasteiger partial charge in [0.15, 0.2) is 0 Å². The van der Waals surface area contributed by atoms with Crippen LogP contribution in [0.1, 0.15) is 11.1 Å². The van der Waals surface area contributed by atoms with Gasteiger partial charge in [-0.25, -0.2) is 5.32 Å². The van der Waals surface area contributed by atoms with Crippen LogP contribution in [0.4, 0.5) is 45.5 Å². The molecule has 0 saturated carbocycles. The molecule has 4 heteroatoms. The Kier molecular flexibility index (Phi) is 8.88. The van der Waals surface area contributed by atoms with Gasteiger partial charge in [0.2, 0.25) is 0 Å². The Morgan fingerprint density at radius 1 is 0.375 bits per heavy atom. The van der Waals surface area contributed by atoms with Crippen LogP contribution in [-0.2, 0) is 0 Å². The fourth-order valence-corrected chi connectivity index (χ4v) is 5.84.